The number of benzene rings is 2. The zero-order valence-electron chi connectivity index (χ0n) is 15.8. The van der Waals surface area contributed by atoms with Gasteiger partial charge in [0.05, 0.1) is 23.6 Å². The van der Waals surface area contributed by atoms with Crippen LogP contribution in [0.4, 0.5) is 17.1 Å². The van der Waals surface area contributed by atoms with Gasteiger partial charge in [-0.1, -0.05) is 12.1 Å². The lowest BCUT2D eigenvalue weighted by Gasteiger charge is -2.45. The van der Waals surface area contributed by atoms with E-state index in [0.29, 0.717) is 17.9 Å². The first-order valence-electron chi connectivity index (χ1n) is 9.56. The molecule has 1 N–H and O–H groups in total. The van der Waals surface area contributed by atoms with Gasteiger partial charge in [0.25, 0.3) is 5.69 Å². The van der Waals surface area contributed by atoms with Crippen LogP contribution < -0.4 is 15.0 Å². The lowest BCUT2D eigenvalue weighted by atomic mass is 9.80. The number of anilines is 2. The maximum absolute atomic E-state index is 13.2. The Morgan fingerprint density at radius 3 is 2.86 bits per heavy atom. The van der Waals surface area contributed by atoms with Crippen LogP contribution in [0.15, 0.2) is 42.5 Å². The first-order chi connectivity index (χ1) is 13.6. The molecule has 28 heavy (non-hydrogen) atoms. The average molecular weight is 381 g/mol. The lowest BCUT2D eigenvalue weighted by Crippen LogP contribution is -2.52. The van der Waals surface area contributed by atoms with Gasteiger partial charge in [-0.3, -0.25) is 14.9 Å². The fraction of sp³-hybridized carbons (Fsp3) is 0.381. The zero-order valence-corrected chi connectivity index (χ0v) is 15.8. The number of amides is 1. The van der Waals surface area contributed by atoms with Gasteiger partial charge in [0.15, 0.2) is 0 Å². The van der Waals surface area contributed by atoms with E-state index in [1.807, 2.05) is 30.3 Å². The fourth-order valence-electron chi connectivity index (χ4n) is 4.42. The van der Waals surface area contributed by atoms with Crippen LogP contribution in [0, 0.1) is 16.0 Å². The lowest BCUT2D eigenvalue weighted by molar-refractivity contribution is -0.384. The highest BCUT2D eigenvalue weighted by molar-refractivity contribution is 5.95. The largest absolute Gasteiger partial charge is 0.495 e. The number of nitrogens with one attached hydrogen (secondary N) is 1. The molecule has 2 atom stereocenters. The maximum atomic E-state index is 13.2. The summed E-state index contributed by atoms with van der Waals surface area (Å²) in [5.74, 6) is 0.279. The van der Waals surface area contributed by atoms with Crippen LogP contribution in [0.5, 0.6) is 5.75 Å². The number of nitro groups is 1. The molecule has 0 saturated carbocycles. The van der Waals surface area contributed by atoms with Gasteiger partial charge in [-0.2, -0.15) is 0 Å². The predicted molar refractivity (Wildman–Crippen MR) is 107 cm³/mol. The molecule has 1 fully saturated rings. The normalized spacial score (nSPS) is 20.7. The molecule has 1 amide bonds. The number of hydrogen-bond acceptors (Lipinski definition) is 5. The van der Waals surface area contributed by atoms with Crippen LogP contribution in [0.25, 0.3) is 0 Å². The van der Waals surface area contributed by atoms with Crippen molar-refractivity contribution >= 4 is 23.0 Å². The highest BCUT2D eigenvalue weighted by Crippen LogP contribution is 2.40. The molecular weight excluding hydrogens is 358 g/mol. The standard InChI is InChI=1S/C21H23N3O4/c1-28-20-8-3-2-6-17(20)22-21(25)16-13-14-12-15(24(26)27)9-10-18(14)23-11-5-4-7-19(16)23/h2-3,6,8-10,12,16,19H,4-5,7,11,13H2,1H3,(H,22,25)/t16-,19+/m1/s1. The van der Waals surface area contributed by atoms with Crippen molar-refractivity contribution < 1.29 is 14.5 Å². The van der Waals surface area contributed by atoms with Gasteiger partial charge >= 0.3 is 0 Å². The minimum atomic E-state index is -0.382. The van der Waals surface area contributed by atoms with Gasteiger partial charge in [0, 0.05) is 30.4 Å². The first-order valence-corrected chi connectivity index (χ1v) is 9.56. The number of hydrogen-bond donors (Lipinski definition) is 1. The van der Waals surface area contributed by atoms with Crippen LogP contribution in [-0.4, -0.2) is 30.5 Å². The number of methoxy groups -OCH3 is 1. The Balaban J connectivity index is 1.65. The van der Waals surface area contributed by atoms with E-state index in [1.165, 1.54) is 0 Å². The molecular formula is C21H23N3O4. The Morgan fingerprint density at radius 2 is 2.07 bits per heavy atom. The molecule has 0 bridgehead atoms. The van der Waals surface area contributed by atoms with Crippen LogP contribution in [0.3, 0.4) is 0 Å². The molecule has 0 aliphatic carbocycles. The molecule has 2 aliphatic heterocycles. The van der Waals surface area contributed by atoms with Crippen LogP contribution in [0.1, 0.15) is 24.8 Å². The molecule has 2 aromatic rings. The molecule has 2 aromatic carbocycles. The van der Waals surface area contributed by atoms with Gasteiger partial charge < -0.3 is 15.0 Å². The van der Waals surface area contributed by atoms with Crippen LogP contribution >= 0.6 is 0 Å². The molecule has 2 heterocycles. The molecule has 146 valence electrons. The number of para-hydroxylation sites is 2. The van der Waals surface area contributed by atoms with Crippen molar-refractivity contribution in [3.05, 3.63) is 58.1 Å². The minimum Gasteiger partial charge on any atom is -0.495 e. The molecule has 0 unspecified atom stereocenters. The summed E-state index contributed by atoms with van der Waals surface area (Å²) in [5, 5.41) is 14.2. The predicted octanol–water partition coefficient (Wildman–Crippen LogP) is 3.77. The fourth-order valence-corrected chi connectivity index (χ4v) is 4.42. The first kappa shape index (κ1) is 18.3. The number of carbonyl (C=O) groups is 1. The number of carbonyl (C=O) groups excluding carboxylic acids is 1. The van der Waals surface area contributed by atoms with Crippen LogP contribution in [0.2, 0.25) is 0 Å². The summed E-state index contributed by atoms with van der Waals surface area (Å²) in [4.78, 5) is 26.3. The van der Waals surface area contributed by atoms with Gasteiger partial charge in [0.1, 0.15) is 5.75 Å². The number of non-ortho nitro benzene ring substituents is 1. The molecule has 0 radical (unpaired) electrons. The quantitative estimate of drug-likeness (QED) is 0.644. The number of fused-ring (bicyclic) bond motifs is 3. The van der Waals surface area contributed by atoms with Gasteiger partial charge in [-0.15, -0.1) is 0 Å². The van der Waals surface area contributed by atoms with E-state index in [1.54, 1.807) is 19.2 Å². The third-order valence-electron chi connectivity index (χ3n) is 5.74. The third kappa shape index (κ3) is 3.28. The van der Waals surface area contributed by atoms with E-state index < -0.39 is 0 Å². The Kier molecular flexibility index (Phi) is 4.90. The van der Waals surface area contributed by atoms with E-state index in [4.69, 9.17) is 4.74 Å². The third-order valence-corrected chi connectivity index (χ3v) is 5.74. The van der Waals surface area contributed by atoms with Gasteiger partial charge in [-0.25, -0.2) is 0 Å². The van der Waals surface area contributed by atoms with Crippen LogP contribution in [-0.2, 0) is 11.2 Å². The Bertz CT molecular complexity index is 914. The minimum absolute atomic E-state index is 0.0677. The van der Waals surface area contributed by atoms with Gasteiger partial charge in [-0.05, 0) is 49.4 Å². The SMILES string of the molecule is COc1ccccc1NC(=O)[C@@H]1Cc2cc([N+](=O)[O-])ccc2N2CCCC[C@@H]12. The highest BCUT2D eigenvalue weighted by Gasteiger charge is 2.40. The van der Waals surface area contributed by atoms with Crippen molar-refractivity contribution in [3.63, 3.8) is 0 Å². The van der Waals surface area contributed by atoms with E-state index in [0.717, 1.165) is 37.1 Å². The average Bonchev–Trinajstić information content (AvgIpc) is 2.73. The topological polar surface area (TPSA) is 84.7 Å². The van der Waals surface area contributed by atoms with Crippen molar-refractivity contribution in [1.29, 1.82) is 0 Å². The van der Waals surface area contributed by atoms with E-state index in [2.05, 4.69) is 10.2 Å². The summed E-state index contributed by atoms with van der Waals surface area (Å²) in [7, 11) is 1.57. The number of ether oxygens (including phenoxy) is 1. The second-order valence-electron chi connectivity index (χ2n) is 7.33. The second-order valence-corrected chi connectivity index (χ2v) is 7.33. The second kappa shape index (κ2) is 7.50. The van der Waals surface area contributed by atoms with Crippen molar-refractivity contribution in [2.75, 3.05) is 23.9 Å². The van der Waals surface area contributed by atoms with Crippen molar-refractivity contribution in [2.45, 2.75) is 31.7 Å². The van der Waals surface area contributed by atoms with E-state index >= 15 is 0 Å². The summed E-state index contributed by atoms with van der Waals surface area (Å²) in [6.07, 6.45) is 3.59. The number of nitrogens with zero attached hydrogens (tertiary/aromatic N) is 2. The molecule has 0 aromatic heterocycles. The monoisotopic (exact) mass is 381 g/mol. The summed E-state index contributed by atoms with van der Waals surface area (Å²) < 4.78 is 5.34. The zero-order chi connectivity index (χ0) is 19.7. The summed E-state index contributed by atoms with van der Waals surface area (Å²) in [6.45, 7) is 0.869. The Morgan fingerprint density at radius 1 is 1.25 bits per heavy atom. The number of piperidine rings is 1. The van der Waals surface area contributed by atoms with Crippen molar-refractivity contribution in [2.24, 2.45) is 5.92 Å². The molecule has 2 aliphatic rings. The van der Waals surface area contributed by atoms with E-state index in [9.17, 15) is 14.9 Å². The maximum Gasteiger partial charge on any atom is 0.269 e. The van der Waals surface area contributed by atoms with Gasteiger partial charge in [0.2, 0.25) is 5.91 Å². The van der Waals surface area contributed by atoms with E-state index in [-0.39, 0.29) is 28.5 Å². The number of nitro benzene ring substituents is 1. The van der Waals surface area contributed by atoms with Crippen molar-refractivity contribution in [3.8, 4) is 5.75 Å². The molecule has 0 spiro atoms. The summed E-state index contributed by atoms with van der Waals surface area (Å²) in [6, 6.07) is 12.4. The number of rotatable bonds is 4. The summed E-state index contributed by atoms with van der Waals surface area (Å²) >= 11 is 0. The van der Waals surface area contributed by atoms with Crippen molar-refractivity contribution in [1.82, 2.24) is 0 Å². The Hall–Kier alpha value is -3.09. The molecule has 1 saturated heterocycles. The highest BCUT2D eigenvalue weighted by atomic mass is 16.6. The molecule has 7 nitrogen and oxygen atoms in total. The molecule has 7 heteroatoms. The smallest absolute Gasteiger partial charge is 0.269 e. The Labute approximate surface area is 163 Å². The molecule has 4 rings (SSSR count). The summed E-state index contributed by atoms with van der Waals surface area (Å²) in [5.41, 5.74) is 2.60.